The van der Waals surface area contributed by atoms with E-state index in [1.165, 1.54) is 23.1 Å². The van der Waals surface area contributed by atoms with Crippen LogP contribution in [0.1, 0.15) is 18.4 Å². The van der Waals surface area contributed by atoms with Crippen LogP contribution >= 0.6 is 34.9 Å². The van der Waals surface area contributed by atoms with Gasteiger partial charge in [0.25, 0.3) is 0 Å². The Morgan fingerprint density at radius 3 is 2.72 bits per heavy atom. The van der Waals surface area contributed by atoms with E-state index >= 15 is 0 Å². The van der Waals surface area contributed by atoms with E-state index in [-0.39, 0.29) is 28.5 Å². The van der Waals surface area contributed by atoms with Crippen molar-refractivity contribution in [2.45, 2.75) is 46.6 Å². The molecule has 2 aromatic carbocycles. The van der Waals surface area contributed by atoms with E-state index in [0.29, 0.717) is 17.2 Å². The molecule has 0 fully saturated rings. The van der Waals surface area contributed by atoms with Gasteiger partial charge in [0.15, 0.2) is 0 Å². The van der Waals surface area contributed by atoms with E-state index < -0.39 is 0 Å². The number of aryl methyl sites for hydroxylation is 1. The van der Waals surface area contributed by atoms with E-state index in [0.717, 1.165) is 20.5 Å². The van der Waals surface area contributed by atoms with Gasteiger partial charge in [-0.1, -0.05) is 60.8 Å². The van der Waals surface area contributed by atoms with Gasteiger partial charge in [-0.3, -0.25) is 15.0 Å². The largest absolute Gasteiger partial charge is 0.326 e. The Kier molecular flexibility index (Phi) is 7.45. The van der Waals surface area contributed by atoms with Crippen LogP contribution in [-0.4, -0.2) is 38.7 Å². The van der Waals surface area contributed by atoms with Crippen molar-refractivity contribution in [1.82, 2.24) is 10.2 Å². The molecular formula is C26H25N5O2S3. The van der Waals surface area contributed by atoms with Crippen molar-refractivity contribution in [2.24, 2.45) is 0 Å². The molecule has 0 saturated carbocycles. The number of anilines is 3. The Hall–Kier alpha value is -3.08. The molecule has 7 nitrogen and oxygen atoms in total. The molecule has 1 aliphatic carbocycles. The maximum absolute atomic E-state index is 13.6. The second-order valence-corrected chi connectivity index (χ2v) is 11.9. The second kappa shape index (κ2) is 10.9. The summed E-state index contributed by atoms with van der Waals surface area (Å²) in [6.45, 7) is 3.82. The molecule has 3 aromatic rings. The predicted octanol–water partition coefficient (Wildman–Crippen LogP) is 6.36. The van der Waals surface area contributed by atoms with E-state index in [4.69, 9.17) is 0 Å². The first kappa shape index (κ1) is 24.6. The average molecular weight is 536 g/mol. The van der Waals surface area contributed by atoms with Crippen molar-refractivity contribution in [2.75, 3.05) is 15.5 Å². The molecule has 0 radical (unpaired) electrons. The van der Waals surface area contributed by atoms with Gasteiger partial charge in [-0.05, 0) is 43.7 Å². The van der Waals surface area contributed by atoms with Crippen LogP contribution in [0.15, 0.2) is 82.6 Å². The smallest absolute Gasteiger partial charge is 0.307 e. The molecule has 36 heavy (non-hydrogen) atoms. The highest BCUT2D eigenvalue weighted by Crippen LogP contribution is 2.43. The number of nitrogens with one attached hydrogen (secondary N) is 2. The number of para-hydroxylation sites is 1. The number of fused-ring (bicyclic) bond motifs is 2. The minimum absolute atomic E-state index is 0.0652. The molecule has 2 heterocycles. The summed E-state index contributed by atoms with van der Waals surface area (Å²) in [4.78, 5) is 30.2. The van der Waals surface area contributed by atoms with Crippen LogP contribution < -0.4 is 15.5 Å². The summed E-state index contributed by atoms with van der Waals surface area (Å²) in [6.07, 6.45) is 8.89. The number of aromatic nitrogens is 2. The van der Waals surface area contributed by atoms with E-state index in [9.17, 15) is 9.59 Å². The standard InChI is InChI=1S/C26H25N5O2S3/c1-3-21(24(32)28-25-30-29-16(2)34-25)35-18-10-8-9-17(15-18)27-26(33)31-19-11-4-6-13-22(19)36-23-14-7-5-12-20(23)31/h4-15,19,21-22H,3H2,1-2H3,(H,27,33)(H,28,30,32). The maximum atomic E-state index is 13.6. The lowest BCUT2D eigenvalue weighted by molar-refractivity contribution is -0.115. The van der Waals surface area contributed by atoms with E-state index in [2.05, 4.69) is 39.0 Å². The van der Waals surface area contributed by atoms with Crippen LogP contribution in [0, 0.1) is 6.92 Å². The van der Waals surface area contributed by atoms with Crippen LogP contribution in [0.2, 0.25) is 0 Å². The zero-order valence-electron chi connectivity index (χ0n) is 19.8. The molecule has 0 bridgehead atoms. The Bertz CT molecular complexity index is 1340. The third-order valence-corrected chi connectivity index (χ3v) is 9.16. The monoisotopic (exact) mass is 535 g/mol. The Morgan fingerprint density at radius 2 is 1.92 bits per heavy atom. The molecule has 3 unspecified atom stereocenters. The first-order valence-corrected chi connectivity index (χ1v) is 14.2. The molecule has 3 amide bonds. The molecule has 5 rings (SSSR count). The first-order valence-electron chi connectivity index (χ1n) is 11.6. The normalized spacial score (nSPS) is 18.8. The zero-order chi connectivity index (χ0) is 25.1. The van der Waals surface area contributed by atoms with Gasteiger partial charge in [-0.2, -0.15) is 0 Å². The van der Waals surface area contributed by atoms with Crippen LogP contribution in [0.4, 0.5) is 21.3 Å². The van der Waals surface area contributed by atoms with Crippen molar-refractivity contribution in [3.8, 4) is 0 Å². The SMILES string of the molecule is CCC(Sc1cccc(NC(=O)N2c3ccccc3SC3C=CC=CC32)c1)C(=O)Nc1nnc(C)s1. The molecule has 2 N–H and O–H groups in total. The van der Waals surface area contributed by atoms with Crippen molar-refractivity contribution < 1.29 is 9.59 Å². The summed E-state index contributed by atoms with van der Waals surface area (Å²) in [5, 5.41) is 15.0. The lowest BCUT2D eigenvalue weighted by Crippen LogP contribution is -2.49. The fraction of sp³-hybridized carbons (Fsp3) is 0.231. The van der Waals surface area contributed by atoms with Crippen molar-refractivity contribution >= 4 is 63.3 Å². The minimum Gasteiger partial charge on any atom is -0.307 e. The summed E-state index contributed by atoms with van der Waals surface area (Å²) in [5.41, 5.74) is 1.59. The number of carbonyl (C=O) groups excluding carboxylic acids is 2. The van der Waals surface area contributed by atoms with Gasteiger partial charge >= 0.3 is 6.03 Å². The highest BCUT2D eigenvalue weighted by molar-refractivity contribution is 8.00. The fourth-order valence-corrected chi connectivity index (χ4v) is 6.94. The number of urea groups is 1. The number of carbonyl (C=O) groups is 2. The van der Waals surface area contributed by atoms with Gasteiger partial charge in [-0.25, -0.2) is 4.79 Å². The van der Waals surface area contributed by atoms with Crippen LogP contribution in [0.25, 0.3) is 0 Å². The molecule has 2 aliphatic rings. The van der Waals surface area contributed by atoms with E-state index in [1.807, 2.05) is 73.4 Å². The lowest BCUT2D eigenvalue weighted by Gasteiger charge is -2.40. The fourth-order valence-electron chi connectivity index (χ4n) is 4.08. The predicted molar refractivity (Wildman–Crippen MR) is 149 cm³/mol. The van der Waals surface area contributed by atoms with Gasteiger partial charge in [0, 0.05) is 15.5 Å². The van der Waals surface area contributed by atoms with Gasteiger partial charge in [0.1, 0.15) is 5.01 Å². The lowest BCUT2D eigenvalue weighted by atomic mass is 10.1. The van der Waals surface area contributed by atoms with Gasteiger partial charge < -0.3 is 5.32 Å². The van der Waals surface area contributed by atoms with Crippen LogP contribution in [-0.2, 0) is 4.79 Å². The molecule has 1 aromatic heterocycles. The Balaban J connectivity index is 1.31. The minimum atomic E-state index is -0.300. The van der Waals surface area contributed by atoms with Gasteiger partial charge in [-0.15, -0.1) is 33.7 Å². The zero-order valence-corrected chi connectivity index (χ0v) is 22.2. The molecule has 1 aliphatic heterocycles. The third-order valence-electron chi connectivity index (χ3n) is 5.74. The summed E-state index contributed by atoms with van der Waals surface area (Å²) in [5.74, 6) is -0.112. The molecule has 10 heteroatoms. The van der Waals surface area contributed by atoms with Crippen LogP contribution in [0.5, 0.6) is 0 Å². The number of rotatable bonds is 6. The highest BCUT2D eigenvalue weighted by Gasteiger charge is 2.36. The maximum Gasteiger partial charge on any atom is 0.326 e. The van der Waals surface area contributed by atoms with Gasteiger partial charge in [0.05, 0.1) is 22.2 Å². The van der Waals surface area contributed by atoms with Crippen molar-refractivity contribution in [3.63, 3.8) is 0 Å². The number of hydrogen-bond acceptors (Lipinski definition) is 7. The van der Waals surface area contributed by atoms with Crippen LogP contribution in [0.3, 0.4) is 0 Å². The topological polar surface area (TPSA) is 87.2 Å². The third kappa shape index (κ3) is 5.35. The van der Waals surface area contributed by atoms with Crippen molar-refractivity contribution in [1.29, 1.82) is 0 Å². The number of thioether (sulfide) groups is 2. The van der Waals surface area contributed by atoms with E-state index in [1.54, 1.807) is 11.8 Å². The average Bonchev–Trinajstić information content (AvgIpc) is 3.30. The number of nitrogens with zero attached hydrogens (tertiary/aromatic N) is 3. The number of allylic oxidation sites excluding steroid dienone is 2. The summed E-state index contributed by atoms with van der Waals surface area (Å²) in [6, 6.07) is 15.4. The molecule has 0 spiro atoms. The number of hydrogen-bond donors (Lipinski definition) is 2. The second-order valence-electron chi connectivity index (χ2n) is 8.27. The summed E-state index contributed by atoms with van der Waals surface area (Å²) < 4.78 is 0. The summed E-state index contributed by atoms with van der Waals surface area (Å²) in [7, 11) is 0. The summed E-state index contributed by atoms with van der Waals surface area (Å²) >= 11 is 4.59. The Morgan fingerprint density at radius 1 is 1.08 bits per heavy atom. The molecular weight excluding hydrogens is 511 g/mol. The number of amides is 3. The first-order chi connectivity index (χ1) is 17.5. The highest BCUT2D eigenvalue weighted by atomic mass is 32.2. The van der Waals surface area contributed by atoms with Gasteiger partial charge in [0.2, 0.25) is 11.0 Å². The Labute approximate surface area is 222 Å². The molecule has 0 saturated heterocycles. The molecule has 3 atom stereocenters. The number of benzene rings is 2. The quantitative estimate of drug-likeness (QED) is 0.357. The van der Waals surface area contributed by atoms with Crippen molar-refractivity contribution in [3.05, 3.63) is 77.8 Å². The molecule has 184 valence electrons.